The summed E-state index contributed by atoms with van der Waals surface area (Å²) in [5.41, 5.74) is 10.3. The molecular weight excluding hydrogens is 717 g/mol. The summed E-state index contributed by atoms with van der Waals surface area (Å²) >= 11 is 0. The molecule has 0 bridgehead atoms. The van der Waals surface area contributed by atoms with Gasteiger partial charge in [-0.15, -0.1) is 0 Å². The maximum Gasteiger partial charge on any atom is 0.264 e. The van der Waals surface area contributed by atoms with E-state index in [2.05, 4.69) is 102 Å². The molecule has 0 aliphatic carbocycles. The van der Waals surface area contributed by atoms with Crippen LogP contribution in [-0.4, -0.2) is 59.4 Å². The van der Waals surface area contributed by atoms with Crippen LogP contribution in [-0.2, 0) is 68.1 Å². The van der Waals surface area contributed by atoms with Crippen molar-refractivity contribution in [3.05, 3.63) is 159 Å². The number of aliphatic hydroxyl groups excluding tert-OH is 2. The summed E-state index contributed by atoms with van der Waals surface area (Å²) in [7, 11) is -7.17. The first-order chi connectivity index (χ1) is 25.2. The first-order valence-electron chi connectivity index (χ1n) is 16.7. The Bertz CT molecular complexity index is 2130. The van der Waals surface area contributed by atoms with Crippen LogP contribution in [0.4, 0.5) is 0 Å². The van der Waals surface area contributed by atoms with Gasteiger partial charge in [-0.1, -0.05) is 78.9 Å². The second-order valence-electron chi connectivity index (χ2n) is 12.7. The molecule has 0 radical (unpaired) electrons. The van der Waals surface area contributed by atoms with Crippen molar-refractivity contribution in [2.45, 2.75) is 66.3 Å². The number of aromatic nitrogens is 3. The van der Waals surface area contributed by atoms with Gasteiger partial charge in [0.15, 0.2) is 0 Å². The van der Waals surface area contributed by atoms with E-state index in [9.17, 15) is 16.8 Å². The van der Waals surface area contributed by atoms with Gasteiger partial charge in [-0.3, -0.25) is 28.2 Å². The van der Waals surface area contributed by atoms with Crippen LogP contribution in [0.1, 0.15) is 67.6 Å². The van der Waals surface area contributed by atoms with Crippen molar-refractivity contribution in [1.29, 1.82) is 0 Å². The Hall–Kier alpha value is -4.41. The van der Waals surface area contributed by atoms with Crippen molar-refractivity contribution in [1.82, 2.24) is 19.9 Å². The molecule has 2 aromatic carbocycles. The van der Waals surface area contributed by atoms with Gasteiger partial charge in [0, 0.05) is 42.8 Å². The molecule has 1 aliphatic rings. The smallest absolute Gasteiger partial charge is 0.264 e. The average molecular weight is 763 g/mol. The lowest BCUT2D eigenvalue weighted by atomic mass is 9.97. The number of fused-ring (bicyclic) bond motifs is 1. The van der Waals surface area contributed by atoms with Crippen LogP contribution in [0, 0.1) is 20.8 Å². The largest absolute Gasteiger partial charge is 0.392 e. The van der Waals surface area contributed by atoms with E-state index in [1.165, 1.54) is 34.1 Å². The van der Waals surface area contributed by atoms with Crippen molar-refractivity contribution in [3.8, 4) is 0 Å². The number of rotatable bonds is 11. The molecule has 0 saturated carbocycles. The van der Waals surface area contributed by atoms with Gasteiger partial charge in [0.2, 0.25) is 0 Å². The van der Waals surface area contributed by atoms with Gasteiger partial charge in [0.1, 0.15) is 6.61 Å². The predicted molar refractivity (Wildman–Crippen MR) is 202 cm³/mol. The van der Waals surface area contributed by atoms with Gasteiger partial charge in [0.25, 0.3) is 20.2 Å². The van der Waals surface area contributed by atoms with Crippen molar-refractivity contribution in [3.63, 3.8) is 0 Å². The molecule has 2 N–H and O–H groups in total. The Morgan fingerprint density at radius 2 is 1.13 bits per heavy atom. The molecule has 14 heteroatoms. The Morgan fingerprint density at radius 1 is 0.642 bits per heavy atom. The van der Waals surface area contributed by atoms with Crippen LogP contribution in [0.5, 0.6) is 0 Å². The Balaban J connectivity index is 0.000000189. The van der Waals surface area contributed by atoms with Gasteiger partial charge in [0.05, 0.1) is 55.5 Å². The summed E-state index contributed by atoms with van der Waals surface area (Å²) in [6.45, 7) is 6.99. The molecule has 4 heterocycles. The molecule has 0 spiro atoms. The lowest BCUT2D eigenvalue weighted by molar-refractivity contribution is 0.230. The number of hydrogen-bond acceptors (Lipinski definition) is 12. The summed E-state index contributed by atoms with van der Waals surface area (Å²) in [5.74, 6) is 0. The van der Waals surface area contributed by atoms with E-state index in [0.717, 1.165) is 36.7 Å². The summed E-state index contributed by atoms with van der Waals surface area (Å²) in [4.78, 5) is 15.1. The third kappa shape index (κ3) is 13.2. The summed E-state index contributed by atoms with van der Waals surface area (Å²) in [6.07, 6.45) is 7.04. The number of aliphatic hydroxyl groups is 2. The van der Waals surface area contributed by atoms with Crippen LogP contribution in [0.3, 0.4) is 0 Å². The standard InChI is InChI=1S/C21H20N2.C10H15NO6S2.C8H11NO2/c1-16-12-19-14-23(15-20(19)22-13-16)21(17-8-4-2-5-9-17)18-10-6-3-7-11-18;1-8-4-9(6-16-18(2,12)13)10(11-5-8)7-17-19(3,14)15;1-6-2-7(4-10)8(5-11)9-3-6/h2-13,21H,14-15H2,1H3;4-5H,6-7H2,1-3H3;2-3,10-11H,4-5H2,1H3. The fraction of sp³-hybridized carbons (Fsp3) is 0.308. The number of hydrogen-bond donors (Lipinski definition) is 2. The normalized spacial score (nSPS) is 12.8. The second-order valence-corrected chi connectivity index (χ2v) is 16.0. The Morgan fingerprint density at radius 3 is 1.66 bits per heavy atom. The number of benzene rings is 2. The molecule has 282 valence electrons. The van der Waals surface area contributed by atoms with Crippen molar-refractivity contribution < 1.29 is 35.4 Å². The van der Waals surface area contributed by atoms with E-state index in [1.807, 2.05) is 19.2 Å². The zero-order valence-electron chi connectivity index (χ0n) is 30.5. The number of pyridine rings is 3. The minimum Gasteiger partial charge on any atom is -0.392 e. The highest BCUT2D eigenvalue weighted by molar-refractivity contribution is 7.86. The molecule has 0 unspecified atom stereocenters. The molecule has 0 amide bonds. The quantitative estimate of drug-likeness (QED) is 0.169. The van der Waals surface area contributed by atoms with Crippen LogP contribution >= 0.6 is 0 Å². The first-order valence-corrected chi connectivity index (χ1v) is 20.4. The molecule has 1 aliphatic heterocycles. The summed E-state index contributed by atoms with van der Waals surface area (Å²) < 4.78 is 53.0. The number of aryl methyl sites for hydroxylation is 3. The fourth-order valence-corrected chi connectivity index (χ4v) is 6.32. The van der Waals surface area contributed by atoms with Gasteiger partial charge >= 0.3 is 0 Å². The van der Waals surface area contributed by atoms with Crippen LogP contribution in [0.25, 0.3) is 0 Å². The van der Waals surface area contributed by atoms with Gasteiger partial charge in [-0.05, 0) is 54.2 Å². The van der Waals surface area contributed by atoms with E-state index in [1.54, 1.807) is 19.2 Å². The highest BCUT2D eigenvalue weighted by atomic mass is 32.2. The minimum atomic E-state index is -3.59. The monoisotopic (exact) mass is 762 g/mol. The highest BCUT2D eigenvalue weighted by Gasteiger charge is 2.29. The van der Waals surface area contributed by atoms with Crippen molar-refractivity contribution in [2.75, 3.05) is 12.5 Å². The molecule has 6 rings (SSSR count). The lowest BCUT2D eigenvalue weighted by Crippen LogP contribution is -2.24. The van der Waals surface area contributed by atoms with Crippen molar-refractivity contribution in [2.24, 2.45) is 0 Å². The molecule has 0 fully saturated rings. The SMILES string of the molecule is Cc1cnc(CO)c(CO)c1.Cc1cnc(COS(C)(=O)=O)c(COS(C)(=O)=O)c1.Cc1cnc2c(c1)CN(C(c1ccccc1)c1ccccc1)C2. The molecule has 0 saturated heterocycles. The van der Waals surface area contributed by atoms with E-state index in [4.69, 9.17) is 10.2 Å². The Labute approximate surface area is 312 Å². The van der Waals surface area contributed by atoms with E-state index in [-0.39, 0.29) is 32.5 Å². The van der Waals surface area contributed by atoms with Gasteiger partial charge in [-0.2, -0.15) is 16.8 Å². The molecular formula is C39H46N4O8S2. The van der Waals surface area contributed by atoms with E-state index in [0.29, 0.717) is 22.5 Å². The number of nitrogens with zero attached hydrogens (tertiary/aromatic N) is 4. The third-order valence-corrected chi connectivity index (χ3v) is 9.16. The molecule has 3 aromatic heterocycles. The zero-order valence-corrected chi connectivity index (χ0v) is 32.1. The summed E-state index contributed by atoms with van der Waals surface area (Å²) in [6, 6.07) is 27.6. The van der Waals surface area contributed by atoms with Crippen LogP contribution < -0.4 is 0 Å². The lowest BCUT2D eigenvalue weighted by Gasteiger charge is -2.28. The topological polar surface area (TPSA) is 169 Å². The minimum absolute atomic E-state index is 0.0649. The molecule has 5 aromatic rings. The molecule has 53 heavy (non-hydrogen) atoms. The molecule has 0 atom stereocenters. The van der Waals surface area contributed by atoms with Crippen molar-refractivity contribution >= 4 is 20.2 Å². The second kappa shape index (κ2) is 19.1. The maximum absolute atomic E-state index is 10.9. The predicted octanol–water partition coefficient (Wildman–Crippen LogP) is 5.21. The first kappa shape index (κ1) is 41.3. The van der Waals surface area contributed by atoms with E-state index < -0.39 is 20.2 Å². The van der Waals surface area contributed by atoms with Crippen LogP contribution in [0.2, 0.25) is 0 Å². The van der Waals surface area contributed by atoms with Gasteiger partial charge in [-0.25, -0.2) is 0 Å². The molecule has 12 nitrogen and oxygen atoms in total. The average Bonchev–Trinajstić information content (AvgIpc) is 3.53. The highest BCUT2D eigenvalue weighted by Crippen LogP contribution is 2.35. The van der Waals surface area contributed by atoms with E-state index >= 15 is 0 Å². The van der Waals surface area contributed by atoms with Crippen LogP contribution in [0.15, 0.2) is 97.5 Å². The van der Waals surface area contributed by atoms with Gasteiger partial charge < -0.3 is 10.2 Å². The Kier molecular flexibility index (Phi) is 14.9. The third-order valence-electron chi connectivity index (χ3n) is 8.07. The maximum atomic E-state index is 10.9. The fourth-order valence-electron chi connectivity index (χ4n) is 5.66. The summed E-state index contributed by atoms with van der Waals surface area (Å²) in [5, 5.41) is 17.6. The zero-order chi connectivity index (χ0) is 38.6.